The van der Waals surface area contributed by atoms with Crippen LogP contribution in [0.4, 0.5) is 0 Å². The van der Waals surface area contributed by atoms with Gasteiger partial charge in [-0.3, -0.25) is 0 Å². The maximum Gasteiger partial charge on any atom is 0.340 e. The molecule has 2 rings (SSSR count). The quantitative estimate of drug-likeness (QED) is 0.806. The molecule has 0 aromatic carbocycles. The molecule has 94 valence electrons. The highest BCUT2D eigenvalue weighted by atomic mass is 35.5. The third-order valence-corrected chi connectivity index (χ3v) is 3.85. The average Bonchev–Trinajstić information content (AvgIpc) is 2.33. The van der Waals surface area contributed by atoms with Gasteiger partial charge in [0.05, 0.1) is 0 Å². The Kier molecular flexibility index (Phi) is 4.66. The summed E-state index contributed by atoms with van der Waals surface area (Å²) in [6, 6.07) is 3.44. The second-order valence-corrected chi connectivity index (χ2v) is 5.32. The van der Waals surface area contributed by atoms with Gasteiger partial charge in [0.2, 0.25) is 0 Å². The molecule has 17 heavy (non-hydrogen) atoms. The van der Waals surface area contributed by atoms with Gasteiger partial charge in [0.15, 0.2) is 5.22 Å². The Labute approximate surface area is 107 Å². The summed E-state index contributed by atoms with van der Waals surface area (Å²) in [5, 5.41) is 0.172. The first-order chi connectivity index (χ1) is 8.25. The molecule has 1 aliphatic carbocycles. The molecule has 1 heterocycles. The van der Waals surface area contributed by atoms with Crippen molar-refractivity contribution in [2.24, 2.45) is 5.92 Å². The van der Waals surface area contributed by atoms with Crippen LogP contribution in [0.15, 0.2) is 21.3 Å². The molecule has 0 aliphatic heterocycles. The molecule has 1 aromatic heterocycles. The van der Waals surface area contributed by atoms with E-state index in [0.29, 0.717) is 0 Å². The molecular weight excluding hydrogens is 236 g/mol. The summed E-state index contributed by atoms with van der Waals surface area (Å²) in [6.07, 6.45) is 10.0. The Morgan fingerprint density at radius 3 is 2.71 bits per heavy atom. The van der Waals surface area contributed by atoms with Crippen molar-refractivity contribution in [1.82, 2.24) is 0 Å². The van der Waals surface area contributed by atoms with Crippen LogP contribution in [0, 0.1) is 5.92 Å². The summed E-state index contributed by atoms with van der Waals surface area (Å²) in [4.78, 5) is 11.5. The van der Waals surface area contributed by atoms with Gasteiger partial charge in [-0.2, -0.15) is 0 Å². The van der Waals surface area contributed by atoms with Crippen LogP contribution in [-0.2, 0) is 6.42 Å². The van der Waals surface area contributed by atoms with E-state index in [4.69, 9.17) is 16.0 Å². The molecule has 0 radical (unpaired) electrons. The third kappa shape index (κ3) is 3.88. The summed E-state index contributed by atoms with van der Waals surface area (Å²) >= 11 is 5.61. The van der Waals surface area contributed by atoms with E-state index in [1.54, 1.807) is 12.1 Å². The van der Waals surface area contributed by atoms with Crippen molar-refractivity contribution in [3.63, 3.8) is 0 Å². The molecule has 1 saturated carbocycles. The highest BCUT2D eigenvalue weighted by Crippen LogP contribution is 2.27. The van der Waals surface area contributed by atoms with E-state index in [1.165, 1.54) is 38.5 Å². The molecule has 0 spiro atoms. The Bertz CT molecular complexity index is 405. The summed E-state index contributed by atoms with van der Waals surface area (Å²) in [5.41, 5.74) is 0.478. The van der Waals surface area contributed by atoms with Gasteiger partial charge in [-0.25, -0.2) is 4.79 Å². The van der Waals surface area contributed by atoms with Gasteiger partial charge in [-0.15, -0.1) is 0 Å². The molecule has 1 aliphatic rings. The van der Waals surface area contributed by atoms with Crippen LogP contribution in [0.1, 0.15) is 50.5 Å². The fourth-order valence-corrected chi connectivity index (χ4v) is 2.80. The molecule has 0 amide bonds. The van der Waals surface area contributed by atoms with Crippen LogP contribution in [0.5, 0.6) is 0 Å². The van der Waals surface area contributed by atoms with E-state index in [1.807, 2.05) is 0 Å². The van der Waals surface area contributed by atoms with Crippen LogP contribution in [0.2, 0.25) is 5.22 Å². The van der Waals surface area contributed by atoms with Crippen molar-refractivity contribution in [2.45, 2.75) is 51.4 Å². The molecule has 1 fully saturated rings. The van der Waals surface area contributed by atoms with E-state index in [9.17, 15) is 4.79 Å². The van der Waals surface area contributed by atoms with Gasteiger partial charge in [0.1, 0.15) is 0 Å². The number of aryl methyl sites for hydroxylation is 1. The van der Waals surface area contributed by atoms with Gasteiger partial charge in [-0.1, -0.05) is 38.5 Å². The van der Waals surface area contributed by atoms with E-state index in [0.717, 1.165) is 24.3 Å². The zero-order chi connectivity index (χ0) is 12.1. The summed E-state index contributed by atoms with van der Waals surface area (Å²) in [7, 11) is 0. The highest BCUT2D eigenvalue weighted by Gasteiger charge is 2.13. The molecule has 0 N–H and O–H groups in total. The van der Waals surface area contributed by atoms with Gasteiger partial charge in [-0.05, 0) is 42.5 Å². The lowest BCUT2D eigenvalue weighted by atomic mass is 9.85. The maximum absolute atomic E-state index is 11.5. The Hall–Kier alpha value is -0.760. The predicted molar refractivity (Wildman–Crippen MR) is 69.5 cm³/mol. The fourth-order valence-electron chi connectivity index (χ4n) is 2.66. The minimum Gasteiger partial charge on any atom is -0.411 e. The number of rotatable bonds is 4. The normalized spacial score (nSPS) is 17.2. The van der Waals surface area contributed by atoms with Crippen molar-refractivity contribution in [1.29, 1.82) is 0 Å². The zero-order valence-corrected chi connectivity index (χ0v) is 10.8. The Balaban J connectivity index is 1.79. The summed E-state index contributed by atoms with van der Waals surface area (Å²) in [6.45, 7) is 0. The lowest BCUT2D eigenvalue weighted by Crippen LogP contribution is -2.09. The second-order valence-electron chi connectivity index (χ2n) is 4.95. The van der Waals surface area contributed by atoms with Crippen molar-refractivity contribution in [3.05, 3.63) is 33.3 Å². The van der Waals surface area contributed by atoms with E-state index in [2.05, 4.69) is 0 Å². The van der Waals surface area contributed by atoms with Crippen LogP contribution < -0.4 is 5.63 Å². The number of halogens is 1. The number of hydrogen-bond donors (Lipinski definition) is 0. The average molecular weight is 255 g/mol. The first-order valence-electron chi connectivity index (χ1n) is 6.54. The van der Waals surface area contributed by atoms with Crippen molar-refractivity contribution < 1.29 is 4.42 Å². The fraction of sp³-hybridized carbons (Fsp3) is 0.643. The number of hydrogen-bond acceptors (Lipinski definition) is 2. The zero-order valence-electron chi connectivity index (χ0n) is 10.1. The van der Waals surface area contributed by atoms with Gasteiger partial charge >= 0.3 is 5.63 Å². The lowest BCUT2D eigenvalue weighted by molar-refractivity contribution is 0.332. The first-order valence-corrected chi connectivity index (χ1v) is 6.92. The molecule has 2 nitrogen and oxygen atoms in total. The highest BCUT2D eigenvalue weighted by molar-refractivity contribution is 6.28. The Morgan fingerprint density at radius 1 is 1.24 bits per heavy atom. The smallest absolute Gasteiger partial charge is 0.340 e. The lowest BCUT2D eigenvalue weighted by Gasteiger charge is -2.21. The Morgan fingerprint density at radius 2 is 2.00 bits per heavy atom. The van der Waals surface area contributed by atoms with Crippen LogP contribution in [-0.4, -0.2) is 0 Å². The third-order valence-electron chi connectivity index (χ3n) is 3.65. The van der Waals surface area contributed by atoms with Gasteiger partial charge in [0, 0.05) is 5.56 Å². The largest absolute Gasteiger partial charge is 0.411 e. The minimum absolute atomic E-state index is 0.172. The summed E-state index contributed by atoms with van der Waals surface area (Å²) in [5.74, 6) is 0.878. The van der Waals surface area contributed by atoms with E-state index < -0.39 is 0 Å². The van der Waals surface area contributed by atoms with Gasteiger partial charge in [0.25, 0.3) is 0 Å². The predicted octanol–water partition coefficient (Wildman–Crippen LogP) is 4.20. The topological polar surface area (TPSA) is 30.2 Å². The van der Waals surface area contributed by atoms with Crippen molar-refractivity contribution in [2.75, 3.05) is 0 Å². The molecule has 3 heteroatoms. The van der Waals surface area contributed by atoms with E-state index in [-0.39, 0.29) is 10.8 Å². The molecule has 0 atom stereocenters. The second kappa shape index (κ2) is 6.25. The SMILES string of the molecule is O=c1oc(Cl)ccc1CCCC1CCCCC1. The maximum atomic E-state index is 11.5. The molecule has 0 saturated heterocycles. The van der Waals surface area contributed by atoms with E-state index >= 15 is 0 Å². The van der Waals surface area contributed by atoms with Crippen LogP contribution >= 0.6 is 11.6 Å². The van der Waals surface area contributed by atoms with Crippen LogP contribution in [0.3, 0.4) is 0 Å². The monoisotopic (exact) mass is 254 g/mol. The van der Waals surface area contributed by atoms with Crippen LogP contribution in [0.25, 0.3) is 0 Å². The van der Waals surface area contributed by atoms with Gasteiger partial charge < -0.3 is 4.42 Å². The molecule has 0 unspecified atom stereocenters. The standard InChI is InChI=1S/C14H19ClO2/c15-13-10-9-12(14(16)17-13)8-4-7-11-5-2-1-3-6-11/h9-11H,1-8H2. The minimum atomic E-state index is -0.277. The molecule has 1 aromatic rings. The summed E-state index contributed by atoms with van der Waals surface area (Å²) < 4.78 is 4.86. The first kappa shape index (κ1) is 12.7. The van der Waals surface area contributed by atoms with Crippen molar-refractivity contribution in [3.8, 4) is 0 Å². The molecule has 0 bridgehead atoms. The van der Waals surface area contributed by atoms with Crippen molar-refractivity contribution >= 4 is 11.6 Å². The molecular formula is C14H19ClO2.